The number of halogens is 1. The molecule has 11 heteroatoms. The topological polar surface area (TPSA) is 134 Å². The minimum atomic E-state index is -0.746. The minimum Gasteiger partial charge on any atom is -0.495 e. The molecule has 0 saturated heterocycles. The van der Waals surface area contributed by atoms with E-state index in [0.29, 0.717) is 22.8 Å². The zero-order valence-corrected chi connectivity index (χ0v) is 19.1. The highest BCUT2D eigenvalue weighted by molar-refractivity contribution is 6.44. The van der Waals surface area contributed by atoms with Crippen molar-refractivity contribution in [3.63, 3.8) is 0 Å². The third kappa shape index (κ3) is 5.67. The number of hydrogen-bond donors (Lipinski definition) is 4. The fraction of sp³-hybridized carbons (Fsp3) is 0.0870. The van der Waals surface area contributed by atoms with Crippen LogP contribution >= 0.6 is 11.6 Å². The summed E-state index contributed by atoms with van der Waals surface area (Å²) in [4.78, 5) is 44.4. The van der Waals surface area contributed by atoms with Gasteiger partial charge in [0.1, 0.15) is 10.8 Å². The Morgan fingerprint density at radius 3 is 2.56 bits per heavy atom. The number of carbonyl (C=O) groups excluding carboxylic acids is 3. The molecule has 2 amide bonds. The van der Waals surface area contributed by atoms with E-state index in [9.17, 15) is 14.4 Å². The third-order valence-corrected chi connectivity index (χ3v) is 4.78. The molecule has 0 fully saturated rings. The summed E-state index contributed by atoms with van der Waals surface area (Å²) < 4.78 is 5.26. The Labute approximate surface area is 200 Å². The normalized spacial score (nSPS) is 10.1. The third-order valence-electron chi connectivity index (χ3n) is 4.50. The van der Waals surface area contributed by atoms with Gasteiger partial charge in [-0.3, -0.25) is 14.4 Å². The molecular formula is C23H21ClN6O4. The molecule has 0 saturated carbocycles. The molecule has 2 aromatic carbocycles. The van der Waals surface area contributed by atoms with Gasteiger partial charge in [0.25, 0.3) is 11.7 Å². The van der Waals surface area contributed by atoms with E-state index in [1.54, 1.807) is 36.4 Å². The average molecular weight is 481 g/mol. The fourth-order valence-electron chi connectivity index (χ4n) is 2.86. The number of amides is 2. The second-order valence-electron chi connectivity index (χ2n) is 6.70. The molecule has 1 aromatic heterocycles. The van der Waals surface area contributed by atoms with E-state index < -0.39 is 17.6 Å². The summed E-state index contributed by atoms with van der Waals surface area (Å²) >= 11 is 6.26. The fourth-order valence-corrected chi connectivity index (χ4v) is 3.00. The maximum atomic E-state index is 12.4. The number of rotatable bonds is 9. The lowest BCUT2D eigenvalue weighted by Crippen LogP contribution is -2.28. The van der Waals surface area contributed by atoms with E-state index in [4.69, 9.17) is 16.3 Å². The molecule has 0 aliphatic carbocycles. The highest BCUT2D eigenvalue weighted by Gasteiger charge is 2.19. The summed E-state index contributed by atoms with van der Waals surface area (Å²) in [6.45, 7) is 3.43. The maximum absolute atomic E-state index is 12.4. The summed E-state index contributed by atoms with van der Waals surface area (Å²) in [6.07, 6.45) is 2.53. The van der Waals surface area contributed by atoms with E-state index >= 15 is 0 Å². The van der Waals surface area contributed by atoms with Crippen LogP contribution in [0.2, 0.25) is 5.02 Å². The van der Waals surface area contributed by atoms with Gasteiger partial charge in [0.2, 0.25) is 11.9 Å². The first-order valence-corrected chi connectivity index (χ1v) is 10.3. The Kier molecular flexibility index (Phi) is 7.78. The van der Waals surface area contributed by atoms with Gasteiger partial charge in [-0.15, -0.1) is 0 Å². The highest BCUT2D eigenvalue weighted by atomic mass is 35.5. The standard InChI is InChI=1S/C23H21ClN6O4/c1-4-19(31)28-17-11-13(9-10-18(17)34-3)27-23-26-12-15(24)21(30-23)29-16-8-6-5-7-14(16)20(32)22(33)25-2/h4-12H,1H2,2-3H3,(H,25,33)(H,28,31)(H2,26,27,29,30). The summed E-state index contributed by atoms with van der Waals surface area (Å²) in [6, 6.07) is 11.5. The lowest BCUT2D eigenvalue weighted by molar-refractivity contribution is -0.116. The molecule has 3 rings (SSSR count). The van der Waals surface area contributed by atoms with Gasteiger partial charge in [-0.05, 0) is 36.4 Å². The van der Waals surface area contributed by atoms with E-state index in [1.165, 1.54) is 26.4 Å². The Morgan fingerprint density at radius 1 is 1.09 bits per heavy atom. The largest absolute Gasteiger partial charge is 0.495 e. The SMILES string of the molecule is C=CC(=O)Nc1cc(Nc2ncc(Cl)c(Nc3ccccc3C(=O)C(=O)NC)n2)ccc1OC. The highest BCUT2D eigenvalue weighted by Crippen LogP contribution is 2.30. The van der Waals surface area contributed by atoms with Crippen molar-refractivity contribution in [1.29, 1.82) is 0 Å². The number of ether oxygens (including phenoxy) is 1. The predicted molar refractivity (Wildman–Crippen MR) is 130 cm³/mol. The van der Waals surface area contributed by atoms with Crippen LogP contribution in [-0.4, -0.2) is 41.7 Å². The number of benzene rings is 2. The van der Waals surface area contributed by atoms with E-state index in [0.717, 1.165) is 6.08 Å². The van der Waals surface area contributed by atoms with E-state index in [-0.39, 0.29) is 22.4 Å². The minimum absolute atomic E-state index is 0.156. The number of ketones is 1. The Hall–Kier alpha value is -4.44. The molecule has 34 heavy (non-hydrogen) atoms. The number of likely N-dealkylation sites (N-methyl/N-ethyl adjacent to an activating group) is 1. The number of methoxy groups -OCH3 is 1. The number of aromatic nitrogens is 2. The first-order chi connectivity index (χ1) is 16.4. The molecule has 0 radical (unpaired) electrons. The van der Waals surface area contributed by atoms with Crippen LogP contribution in [0.1, 0.15) is 10.4 Å². The van der Waals surface area contributed by atoms with Crippen molar-refractivity contribution in [3.05, 3.63) is 71.9 Å². The van der Waals surface area contributed by atoms with Gasteiger partial charge in [0.15, 0.2) is 5.82 Å². The van der Waals surface area contributed by atoms with Crippen LogP contribution < -0.4 is 26.0 Å². The van der Waals surface area contributed by atoms with Crippen molar-refractivity contribution in [2.75, 3.05) is 30.1 Å². The molecule has 174 valence electrons. The molecule has 0 bridgehead atoms. The zero-order chi connectivity index (χ0) is 24.7. The van der Waals surface area contributed by atoms with Crippen molar-refractivity contribution in [1.82, 2.24) is 15.3 Å². The smallest absolute Gasteiger partial charge is 0.292 e. The molecule has 1 heterocycles. The number of nitrogens with one attached hydrogen (secondary N) is 4. The van der Waals surface area contributed by atoms with Crippen molar-refractivity contribution in [3.8, 4) is 5.75 Å². The maximum Gasteiger partial charge on any atom is 0.292 e. The van der Waals surface area contributed by atoms with E-state index in [1.807, 2.05) is 0 Å². The predicted octanol–water partition coefficient (Wildman–Crippen LogP) is 3.68. The Morgan fingerprint density at radius 2 is 1.85 bits per heavy atom. The summed E-state index contributed by atoms with van der Waals surface area (Å²) in [7, 11) is 2.86. The van der Waals surface area contributed by atoms with Gasteiger partial charge in [0, 0.05) is 12.7 Å². The van der Waals surface area contributed by atoms with Gasteiger partial charge in [-0.25, -0.2) is 4.98 Å². The zero-order valence-electron chi connectivity index (χ0n) is 18.3. The molecule has 0 unspecified atom stereocenters. The molecule has 3 aromatic rings. The molecular weight excluding hydrogens is 460 g/mol. The Bertz CT molecular complexity index is 1260. The second kappa shape index (κ2) is 10.9. The number of carbonyl (C=O) groups is 3. The van der Waals surface area contributed by atoms with Crippen LogP contribution in [0.3, 0.4) is 0 Å². The molecule has 10 nitrogen and oxygen atoms in total. The van der Waals surface area contributed by atoms with Crippen LogP contribution in [-0.2, 0) is 9.59 Å². The van der Waals surface area contributed by atoms with Crippen molar-refractivity contribution < 1.29 is 19.1 Å². The van der Waals surface area contributed by atoms with Crippen LogP contribution in [0.5, 0.6) is 5.75 Å². The first-order valence-electron chi connectivity index (χ1n) is 9.89. The number of nitrogens with zero attached hydrogens (tertiary/aromatic N) is 2. The number of anilines is 5. The van der Waals surface area contributed by atoms with E-state index in [2.05, 4.69) is 37.8 Å². The number of hydrogen-bond acceptors (Lipinski definition) is 8. The molecule has 0 aliphatic rings. The number of para-hydroxylation sites is 1. The van der Waals surface area contributed by atoms with Crippen molar-refractivity contribution in [2.24, 2.45) is 0 Å². The monoisotopic (exact) mass is 480 g/mol. The lowest BCUT2D eigenvalue weighted by Gasteiger charge is -2.14. The van der Waals surface area contributed by atoms with Gasteiger partial charge in [-0.1, -0.05) is 30.3 Å². The van der Waals surface area contributed by atoms with Gasteiger partial charge in [-0.2, -0.15) is 4.98 Å². The van der Waals surface area contributed by atoms with Crippen LogP contribution in [0.4, 0.5) is 28.8 Å². The Balaban J connectivity index is 1.88. The molecule has 4 N–H and O–H groups in total. The lowest BCUT2D eigenvalue weighted by atomic mass is 10.1. The first kappa shape index (κ1) is 24.2. The van der Waals surface area contributed by atoms with Crippen LogP contribution in [0.25, 0.3) is 0 Å². The summed E-state index contributed by atoms with van der Waals surface area (Å²) in [5, 5.41) is 11.2. The molecule has 0 spiro atoms. The molecule has 0 atom stereocenters. The summed E-state index contributed by atoms with van der Waals surface area (Å²) in [5.74, 6) is -0.990. The van der Waals surface area contributed by atoms with Gasteiger partial charge in [0.05, 0.1) is 30.2 Å². The van der Waals surface area contributed by atoms with Crippen LogP contribution in [0, 0.1) is 0 Å². The quantitative estimate of drug-likeness (QED) is 0.207. The summed E-state index contributed by atoms with van der Waals surface area (Å²) in [5.41, 5.74) is 1.49. The van der Waals surface area contributed by atoms with Gasteiger partial charge >= 0.3 is 0 Å². The van der Waals surface area contributed by atoms with Gasteiger partial charge < -0.3 is 26.0 Å². The average Bonchev–Trinajstić information content (AvgIpc) is 2.85. The second-order valence-corrected chi connectivity index (χ2v) is 7.11. The molecule has 0 aliphatic heterocycles. The van der Waals surface area contributed by atoms with Crippen molar-refractivity contribution >= 4 is 58.0 Å². The number of Topliss-reactive ketones (excluding diaryl/α,β-unsaturated/α-hetero) is 1. The van der Waals surface area contributed by atoms with Crippen LogP contribution in [0.15, 0.2) is 61.3 Å². The van der Waals surface area contributed by atoms with Crippen molar-refractivity contribution in [2.45, 2.75) is 0 Å².